The average Bonchev–Trinajstić information content (AvgIpc) is 3.05. The van der Waals surface area contributed by atoms with Crippen molar-refractivity contribution >= 4 is 34.4 Å². The van der Waals surface area contributed by atoms with Gasteiger partial charge in [0.05, 0.1) is 12.0 Å². The number of aryl methyl sites for hydroxylation is 1. The van der Waals surface area contributed by atoms with Gasteiger partial charge in [0, 0.05) is 28.5 Å². The van der Waals surface area contributed by atoms with Gasteiger partial charge in [-0.05, 0) is 42.3 Å². The maximum atomic E-state index is 12.1. The van der Waals surface area contributed by atoms with Crippen LogP contribution >= 0.6 is 11.6 Å². The number of carboxylic acids is 1. The number of ether oxygens (including phenoxy) is 1. The number of aromatic amines is 1. The number of para-hydroxylation sites is 1. The van der Waals surface area contributed by atoms with Crippen LogP contribution in [0.2, 0.25) is 5.02 Å². The number of fused-ring (bicyclic) bond motifs is 1. The Balaban J connectivity index is 1.62. The number of halogens is 1. The fourth-order valence-electron chi connectivity index (χ4n) is 2.81. The first-order valence-electron chi connectivity index (χ1n) is 8.38. The molecule has 0 bridgehead atoms. The quantitative estimate of drug-likeness (QED) is 0.650. The Bertz CT molecular complexity index is 983. The molecule has 1 aromatic heterocycles. The number of amides is 1. The van der Waals surface area contributed by atoms with E-state index < -0.39 is 17.9 Å². The molecule has 0 aliphatic rings. The molecule has 1 heterocycles. The summed E-state index contributed by atoms with van der Waals surface area (Å²) >= 11 is 5.95. The summed E-state index contributed by atoms with van der Waals surface area (Å²) < 4.78 is 5.40. The maximum absolute atomic E-state index is 12.1. The summed E-state index contributed by atoms with van der Waals surface area (Å²) in [5.41, 5.74) is 2.51. The molecule has 0 saturated heterocycles. The third kappa shape index (κ3) is 4.60. The summed E-state index contributed by atoms with van der Waals surface area (Å²) in [5.74, 6) is -1.42. The van der Waals surface area contributed by atoms with Crippen molar-refractivity contribution in [2.45, 2.75) is 19.4 Å². The summed E-state index contributed by atoms with van der Waals surface area (Å²) in [5, 5.41) is 15.4. The molecule has 3 aromatic rings. The van der Waals surface area contributed by atoms with Crippen LogP contribution in [0.3, 0.4) is 0 Å². The van der Waals surface area contributed by atoms with Crippen molar-refractivity contribution in [3.8, 4) is 5.75 Å². The van der Waals surface area contributed by atoms with E-state index in [1.165, 1.54) is 0 Å². The molecule has 6 nitrogen and oxygen atoms in total. The number of H-pyrrole nitrogens is 1. The molecule has 0 radical (unpaired) electrons. The van der Waals surface area contributed by atoms with Crippen molar-refractivity contribution in [1.29, 1.82) is 0 Å². The highest BCUT2D eigenvalue weighted by molar-refractivity contribution is 6.31. The van der Waals surface area contributed by atoms with Gasteiger partial charge in [-0.15, -0.1) is 0 Å². The Morgan fingerprint density at radius 1 is 1.26 bits per heavy atom. The molecule has 0 unspecified atom stereocenters. The van der Waals surface area contributed by atoms with E-state index in [2.05, 4.69) is 10.3 Å². The van der Waals surface area contributed by atoms with Gasteiger partial charge in [0.25, 0.3) is 5.91 Å². The smallest absolute Gasteiger partial charge is 0.258 e. The minimum absolute atomic E-state index is 0.109. The van der Waals surface area contributed by atoms with Crippen LogP contribution in [-0.2, 0) is 16.0 Å². The van der Waals surface area contributed by atoms with E-state index in [1.807, 2.05) is 31.2 Å². The normalized spacial score (nSPS) is 11.9. The van der Waals surface area contributed by atoms with Crippen molar-refractivity contribution < 1.29 is 19.4 Å². The molecule has 7 heteroatoms. The van der Waals surface area contributed by atoms with E-state index in [1.54, 1.807) is 24.4 Å². The van der Waals surface area contributed by atoms with Crippen molar-refractivity contribution in [3.05, 3.63) is 64.8 Å². The average molecular weight is 386 g/mol. The zero-order valence-electron chi connectivity index (χ0n) is 14.6. The number of aromatic nitrogens is 1. The van der Waals surface area contributed by atoms with Gasteiger partial charge in [0.1, 0.15) is 5.75 Å². The summed E-state index contributed by atoms with van der Waals surface area (Å²) in [6.07, 6.45) is 1.85. The number of carboxylic acid groups (broad SMARTS) is 1. The lowest BCUT2D eigenvalue weighted by atomic mass is 10.1. The molecule has 0 spiro atoms. The minimum Gasteiger partial charge on any atom is -0.548 e. The van der Waals surface area contributed by atoms with Crippen LogP contribution in [0, 0.1) is 6.92 Å². The minimum atomic E-state index is -1.35. The van der Waals surface area contributed by atoms with E-state index >= 15 is 0 Å². The molecule has 2 N–H and O–H groups in total. The van der Waals surface area contributed by atoms with Gasteiger partial charge in [-0.25, -0.2) is 0 Å². The SMILES string of the molecule is Cc1cc(OCC(=O)N[C@@H](Cc2c[nH]c3ccccc23)C(=O)[O-])ccc1Cl. The molecule has 1 atom stereocenters. The predicted molar refractivity (Wildman–Crippen MR) is 101 cm³/mol. The first-order chi connectivity index (χ1) is 12.9. The van der Waals surface area contributed by atoms with Gasteiger partial charge in [0.2, 0.25) is 0 Å². The second-order valence-electron chi connectivity index (χ2n) is 6.20. The largest absolute Gasteiger partial charge is 0.548 e. The second kappa shape index (κ2) is 8.14. The van der Waals surface area contributed by atoms with Crippen LogP contribution < -0.4 is 15.2 Å². The highest BCUT2D eigenvalue weighted by atomic mass is 35.5. The lowest BCUT2D eigenvalue weighted by Crippen LogP contribution is -2.50. The first kappa shape index (κ1) is 18.8. The number of rotatable bonds is 7. The molecule has 0 aliphatic heterocycles. The van der Waals surface area contributed by atoms with Crippen LogP contribution in [-0.4, -0.2) is 29.5 Å². The van der Waals surface area contributed by atoms with Gasteiger partial charge in [-0.1, -0.05) is 29.8 Å². The number of benzene rings is 2. The summed E-state index contributed by atoms with van der Waals surface area (Å²) in [6, 6.07) is 11.4. The van der Waals surface area contributed by atoms with Crippen LogP contribution in [0.1, 0.15) is 11.1 Å². The fourth-order valence-corrected chi connectivity index (χ4v) is 2.92. The van der Waals surface area contributed by atoms with Crippen LogP contribution in [0.25, 0.3) is 10.9 Å². The summed E-state index contributed by atoms with van der Waals surface area (Å²) in [6.45, 7) is 1.52. The van der Waals surface area contributed by atoms with Gasteiger partial charge in [-0.2, -0.15) is 0 Å². The molecule has 0 fully saturated rings. The van der Waals surface area contributed by atoms with Gasteiger partial charge in [0.15, 0.2) is 6.61 Å². The number of hydrogen-bond acceptors (Lipinski definition) is 4. The zero-order valence-corrected chi connectivity index (χ0v) is 15.4. The Morgan fingerprint density at radius 3 is 2.78 bits per heavy atom. The molecular formula is C20H18ClN2O4-. The van der Waals surface area contributed by atoms with Crippen LogP contribution in [0.5, 0.6) is 5.75 Å². The molecular weight excluding hydrogens is 368 g/mol. The Hall–Kier alpha value is -2.99. The molecule has 1 amide bonds. The highest BCUT2D eigenvalue weighted by Gasteiger charge is 2.17. The molecule has 27 heavy (non-hydrogen) atoms. The van der Waals surface area contributed by atoms with Gasteiger partial charge < -0.3 is 24.9 Å². The summed E-state index contributed by atoms with van der Waals surface area (Å²) in [7, 11) is 0. The molecule has 3 rings (SSSR count). The van der Waals surface area contributed by atoms with E-state index in [9.17, 15) is 14.7 Å². The lowest BCUT2D eigenvalue weighted by Gasteiger charge is -2.19. The van der Waals surface area contributed by atoms with Crippen molar-refractivity contribution in [1.82, 2.24) is 10.3 Å². The van der Waals surface area contributed by atoms with Gasteiger partial charge >= 0.3 is 0 Å². The number of nitrogens with one attached hydrogen (secondary N) is 2. The lowest BCUT2D eigenvalue weighted by molar-refractivity contribution is -0.308. The maximum Gasteiger partial charge on any atom is 0.258 e. The monoisotopic (exact) mass is 385 g/mol. The number of carbonyl (C=O) groups is 2. The van der Waals surface area contributed by atoms with Gasteiger partial charge in [-0.3, -0.25) is 4.79 Å². The third-order valence-corrected chi connectivity index (χ3v) is 4.64. The zero-order chi connectivity index (χ0) is 19.4. The summed E-state index contributed by atoms with van der Waals surface area (Å²) in [4.78, 5) is 26.7. The number of aliphatic carboxylic acids is 1. The second-order valence-corrected chi connectivity index (χ2v) is 6.61. The van der Waals surface area contributed by atoms with Crippen molar-refractivity contribution in [2.75, 3.05) is 6.61 Å². The third-order valence-electron chi connectivity index (χ3n) is 4.22. The topological polar surface area (TPSA) is 94.2 Å². The highest BCUT2D eigenvalue weighted by Crippen LogP contribution is 2.21. The molecule has 0 aliphatic carbocycles. The standard InChI is InChI=1S/C20H19ClN2O4/c1-12-8-14(6-7-16(12)21)27-11-19(24)23-18(20(25)26)9-13-10-22-17-5-3-2-4-15(13)17/h2-8,10,18,22H,9,11H2,1H3,(H,23,24)(H,25,26)/p-1/t18-/m0/s1. The Labute approximate surface area is 161 Å². The Morgan fingerprint density at radius 2 is 2.04 bits per heavy atom. The number of carbonyl (C=O) groups excluding carboxylic acids is 2. The van der Waals surface area contributed by atoms with E-state index in [0.29, 0.717) is 10.8 Å². The Kier molecular flexibility index (Phi) is 5.66. The fraction of sp³-hybridized carbons (Fsp3) is 0.200. The first-order valence-corrected chi connectivity index (χ1v) is 8.76. The molecule has 140 valence electrons. The number of hydrogen-bond donors (Lipinski definition) is 2. The van der Waals surface area contributed by atoms with Crippen LogP contribution in [0.15, 0.2) is 48.7 Å². The predicted octanol–water partition coefficient (Wildman–Crippen LogP) is 1.99. The molecule has 0 saturated carbocycles. The van der Waals surface area contributed by atoms with E-state index in [-0.39, 0.29) is 13.0 Å². The van der Waals surface area contributed by atoms with Crippen molar-refractivity contribution in [2.24, 2.45) is 0 Å². The van der Waals surface area contributed by atoms with Crippen LogP contribution in [0.4, 0.5) is 0 Å². The van der Waals surface area contributed by atoms with E-state index in [4.69, 9.17) is 16.3 Å². The van der Waals surface area contributed by atoms with Crippen molar-refractivity contribution in [3.63, 3.8) is 0 Å². The van der Waals surface area contributed by atoms with E-state index in [0.717, 1.165) is 22.0 Å². The molecule has 2 aromatic carbocycles.